The molecule has 0 radical (unpaired) electrons. The average Bonchev–Trinajstić information content (AvgIpc) is 2.37. The van der Waals surface area contributed by atoms with Gasteiger partial charge in [0.15, 0.2) is 0 Å². The van der Waals surface area contributed by atoms with Crippen molar-refractivity contribution in [3.8, 4) is 0 Å². The van der Waals surface area contributed by atoms with Crippen LogP contribution in [0.1, 0.15) is 52.1 Å². The molecule has 1 N–H and O–H groups in total. The molecule has 1 aromatic rings. The number of nitrogens with zero attached hydrogens (tertiary/aromatic N) is 2. The third-order valence-electron chi connectivity index (χ3n) is 4.04. The van der Waals surface area contributed by atoms with Gasteiger partial charge < -0.3 is 5.32 Å². The van der Waals surface area contributed by atoms with E-state index in [1.54, 1.807) is 12.4 Å². The van der Waals surface area contributed by atoms with Crippen molar-refractivity contribution >= 4 is 0 Å². The zero-order valence-electron chi connectivity index (χ0n) is 11.8. The number of hydrogen-bond donors (Lipinski definition) is 1. The summed E-state index contributed by atoms with van der Waals surface area (Å²) in [4.78, 5) is 8.44. The minimum Gasteiger partial charge on any atom is -0.308 e. The fourth-order valence-corrected chi connectivity index (χ4v) is 3.07. The summed E-state index contributed by atoms with van der Waals surface area (Å²) in [6.07, 6.45) is 10.7. The van der Waals surface area contributed by atoms with Gasteiger partial charge in [0, 0.05) is 31.2 Å². The standard InChI is InChI=1S/C15H25N3/c1-15(2,3)13-6-4-5-7-14(13)18-11-12-10-16-8-9-17-12/h8-10,13-14,18H,4-7,11H2,1-3H3. The van der Waals surface area contributed by atoms with Crippen molar-refractivity contribution in [2.75, 3.05) is 0 Å². The lowest BCUT2D eigenvalue weighted by atomic mass is 9.69. The Morgan fingerprint density at radius 1 is 1.22 bits per heavy atom. The summed E-state index contributed by atoms with van der Waals surface area (Å²) in [7, 11) is 0. The fourth-order valence-electron chi connectivity index (χ4n) is 3.07. The van der Waals surface area contributed by atoms with Crippen LogP contribution in [0.2, 0.25) is 0 Å². The highest BCUT2D eigenvalue weighted by atomic mass is 14.9. The summed E-state index contributed by atoms with van der Waals surface area (Å²) in [6.45, 7) is 7.92. The zero-order valence-corrected chi connectivity index (χ0v) is 11.8. The largest absolute Gasteiger partial charge is 0.308 e. The Morgan fingerprint density at radius 2 is 2.00 bits per heavy atom. The molecular weight excluding hydrogens is 222 g/mol. The van der Waals surface area contributed by atoms with Crippen molar-refractivity contribution in [2.24, 2.45) is 11.3 Å². The van der Waals surface area contributed by atoms with E-state index in [0.29, 0.717) is 11.5 Å². The summed E-state index contributed by atoms with van der Waals surface area (Å²) < 4.78 is 0. The molecule has 3 nitrogen and oxygen atoms in total. The van der Waals surface area contributed by atoms with Crippen molar-refractivity contribution in [1.29, 1.82) is 0 Å². The van der Waals surface area contributed by atoms with Crippen LogP contribution in [0.25, 0.3) is 0 Å². The van der Waals surface area contributed by atoms with Gasteiger partial charge in [0.25, 0.3) is 0 Å². The minimum absolute atomic E-state index is 0.389. The maximum atomic E-state index is 4.33. The number of aromatic nitrogens is 2. The van der Waals surface area contributed by atoms with Gasteiger partial charge in [-0.1, -0.05) is 33.6 Å². The molecule has 1 saturated carbocycles. The Labute approximate surface area is 110 Å². The van der Waals surface area contributed by atoms with Crippen molar-refractivity contribution in [3.05, 3.63) is 24.3 Å². The van der Waals surface area contributed by atoms with Crippen molar-refractivity contribution in [2.45, 2.75) is 59.0 Å². The van der Waals surface area contributed by atoms with Gasteiger partial charge in [-0.3, -0.25) is 9.97 Å². The third-order valence-corrected chi connectivity index (χ3v) is 4.04. The van der Waals surface area contributed by atoms with Gasteiger partial charge in [0.2, 0.25) is 0 Å². The summed E-state index contributed by atoms with van der Waals surface area (Å²) in [5, 5.41) is 3.69. The molecule has 0 spiro atoms. The molecule has 1 fully saturated rings. The van der Waals surface area contributed by atoms with Crippen LogP contribution in [0.3, 0.4) is 0 Å². The lowest BCUT2D eigenvalue weighted by molar-refractivity contribution is 0.130. The van der Waals surface area contributed by atoms with Crippen molar-refractivity contribution < 1.29 is 0 Å². The van der Waals surface area contributed by atoms with Gasteiger partial charge in [-0.2, -0.15) is 0 Å². The SMILES string of the molecule is CC(C)(C)C1CCCCC1NCc1cnccn1. The molecular formula is C15H25N3. The van der Waals surface area contributed by atoms with Gasteiger partial charge in [-0.25, -0.2) is 0 Å². The fraction of sp³-hybridized carbons (Fsp3) is 0.733. The molecule has 3 heteroatoms. The van der Waals surface area contributed by atoms with Crippen LogP contribution in [0, 0.1) is 11.3 Å². The minimum atomic E-state index is 0.389. The summed E-state index contributed by atoms with van der Waals surface area (Å²) >= 11 is 0. The van der Waals surface area contributed by atoms with Crippen LogP contribution >= 0.6 is 0 Å². The van der Waals surface area contributed by atoms with Gasteiger partial charge in [0.1, 0.15) is 0 Å². The van der Waals surface area contributed by atoms with E-state index in [-0.39, 0.29) is 0 Å². The molecule has 0 saturated heterocycles. The average molecular weight is 247 g/mol. The smallest absolute Gasteiger partial charge is 0.0724 e. The van der Waals surface area contributed by atoms with Crippen LogP contribution < -0.4 is 5.32 Å². The topological polar surface area (TPSA) is 37.8 Å². The lowest BCUT2D eigenvalue weighted by Crippen LogP contribution is -2.44. The molecule has 18 heavy (non-hydrogen) atoms. The van der Waals surface area contributed by atoms with Crippen LogP contribution in [-0.4, -0.2) is 16.0 Å². The van der Waals surface area contributed by atoms with Crippen molar-refractivity contribution in [1.82, 2.24) is 15.3 Å². The van der Waals surface area contributed by atoms with Crippen LogP contribution in [-0.2, 0) is 6.54 Å². The Balaban J connectivity index is 1.94. The van der Waals surface area contributed by atoms with E-state index in [9.17, 15) is 0 Å². The molecule has 1 aliphatic carbocycles. The van der Waals surface area contributed by atoms with E-state index >= 15 is 0 Å². The van der Waals surface area contributed by atoms with Gasteiger partial charge in [-0.05, 0) is 24.2 Å². The Bertz CT molecular complexity index is 356. The molecule has 1 heterocycles. The quantitative estimate of drug-likeness (QED) is 0.891. The van der Waals surface area contributed by atoms with E-state index < -0.39 is 0 Å². The third kappa shape index (κ3) is 3.52. The molecule has 100 valence electrons. The van der Waals surface area contributed by atoms with Gasteiger partial charge in [0.05, 0.1) is 5.69 Å². The first kappa shape index (κ1) is 13.5. The Morgan fingerprint density at radius 3 is 2.67 bits per heavy atom. The second-order valence-electron chi connectivity index (χ2n) is 6.44. The lowest BCUT2D eigenvalue weighted by Gasteiger charge is -2.41. The Hall–Kier alpha value is -0.960. The first-order valence-corrected chi connectivity index (χ1v) is 7.05. The number of rotatable bonds is 3. The molecule has 1 aromatic heterocycles. The molecule has 0 aliphatic heterocycles. The highest BCUT2D eigenvalue weighted by Gasteiger charge is 2.33. The summed E-state index contributed by atoms with van der Waals surface area (Å²) in [5.74, 6) is 0.767. The van der Waals surface area contributed by atoms with E-state index in [4.69, 9.17) is 0 Å². The normalized spacial score (nSPS) is 25.1. The molecule has 0 bridgehead atoms. The number of nitrogens with one attached hydrogen (secondary N) is 1. The maximum absolute atomic E-state index is 4.33. The Kier molecular flexibility index (Phi) is 4.33. The monoisotopic (exact) mass is 247 g/mol. The van der Waals surface area contributed by atoms with E-state index in [2.05, 4.69) is 36.1 Å². The maximum Gasteiger partial charge on any atom is 0.0724 e. The zero-order chi connectivity index (χ0) is 13.0. The first-order valence-electron chi connectivity index (χ1n) is 7.05. The molecule has 2 rings (SSSR count). The van der Waals surface area contributed by atoms with E-state index in [0.717, 1.165) is 18.2 Å². The second kappa shape index (κ2) is 5.79. The summed E-state index contributed by atoms with van der Waals surface area (Å²) in [6, 6.07) is 0.626. The van der Waals surface area contributed by atoms with Crippen LogP contribution in [0.4, 0.5) is 0 Å². The van der Waals surface area contributed by atoms with Gasteiger partial charge >= 0.3 is 0 Å². The predicted molar refractivity (Wildman–Crippen MR) is 74.1 cm³/mol. The highest BCUT2D eigenvalue weighted by Crippen LogP contribution is 2.37. The summed E-state index contributed by atoms with van der Waals surface area (Å²) in [5.41, 5.74) is 1.43. The second-order valence-corrected chi connectivity index (χ2v) is 6.44. The molecule has 2 unspecified atom stereocenters. The molecule has 1 aliphatic rings. The van der Waals surface area contributed by atoms with Gasteiger partial charge in [-0.15, -0.1) is 0 Å². The number of hydrogen-bond acceptors (Lipinski definition) is 3. The molecule has 0 amide bonds. The van der Waals surface area contributed by atoms with E-state index in [1.165, 1.54) is 25.7 Å². The molecule has 2 atom stereocenters. The first-order chi connectivity index (χ1) is 8.57. The highest BCUT2D eigenvalue weighted by molar-refractivity contribution is 4.96. The van der Waals surface area contributed by atoms with E-state index in [1.807, 2.05) is 6.20 Å². The van der Waals surface area contributed by atoms with Crippen molar-refractivity contribution in [3.63, 3.8) is 0 Å². The predicted octanol–water partition coefficient (Wildman–Crippen LogP) is 3.17. The van der Waals surface area contributed by atoms with Crippen LogP contribution in [0.5, 0.6) is 0 Å². The van der Waals surface area contributed by atoms with Crippen LogP contribution in [0.15, 0.2) is 18.6 Å². The molecule has 0 aromatic carbocycles.